The lowest BCUT2D eigenvalue weighted by Crippen LogP contribution is -2.55. The predicted octanol–water partition coefficient (Wildman–Crippen LogP) is 9.66. The lowest BCUT2D eigenvalue weighted by Gasteiger charge is -2.39. The molecule has 6 fully saturated rings. The first-order valence-corrected chi connectivity index (χ1v) is 25.4. The number of likely N-dealkylation sites (tertiary alicyclic amines) is 2. The molecule has 2 saturated heterocycles. The van der Waals surface area contributed by atoms with Crippen molar-refractivity contribution in [2.75, 3.05) is 77.8 Å². The van der Waals surface area contributed by atoms with Crippen LogP contribution in [0.5, 0.6) is 0 Å². The topological polar surface area (TPSA) is 125 Å². The van der Waals surface area contributed by atoms with E-state index < -0.39 is 11.2 Å². The molecule has 0 aromatic heterocycles. The van der Waals surface area contributed by atoms with E-state index in [1.807, 2.05) is 41.5 Å². The molecule has 0 radical (unpaired) electrons. The number of nitrogens with zero attached hydrogens (tertiary/aromatic N) is 2. The van der Waals surface area contributed by atoms with E-state index in [0.717, 1.165) is 100 Å². The van der Waals surface area contributed by atoms with Gasteiger partial charge in [0.25, 0.3) is 0 Å². The Morgan fingerprint density at radius 1 is 0.557 bits per heavy atom. The molecule has 1 N–H and O–H groups in total. The molecular formula is C48H87BrN2O10. The molecule has 356 valence electrons. The predicted molar refractivity (Wildman–Crippen MR) is 243 cm³/mol. The Bertz CT molecular complexity index is 1220. The van der Waals surface area contributed by atoms with E-state index >= 15 is 0 Å². The van der Waals surface area contributed by atoms with Crippen LogP contribution >= 0.6 is 15.9 Å². The van der Waals surface area contributed by atoms with Crippen LogP contribution in [-0.2, 0) is 33.2 Å². The summed E-state index contributed by atoms with van der Waals surface area (Å²) in [5.41, 5.74) is -0.856. The number of hydrogen-bond acceptors (Lipinski definition) is 10. The van der Waals surface area contributed by atoms with Crippen molar-refractivity contribution < 1.29 is 47.9 Å². The second-order valence-electron chi connectivity index (χ2n) is 20.6. The molecule has 0 bridgehead atoms. The number of aliphatic hydroxyl groups excluding tert-OH is 1. The van der Waals surface area contributed by atoms with Gasteiger partial charge in [-0.05, 0) is 154 Å². The second-order valence-corrected chi connectivity index (χ2v) is 21.4. The minimum Gasteiger partial charge on any atom is -0.444 e. The molecule has 12 nitrogen and oxygen atoms in total. The molecule has 61 heavy (non-hydrogen) atoms. The second kappa shape index (κ2) is 26.7. The monoisotopic (exact) mass is 931 g/mol. The van der Waals surface area contributed by atoms with Gasteiger partial charge < -0.3 is 48.1 Å². The van der Waals surface area contributed by atoms with Gasteiger partial charge in [-0.2, -0.15) is 0 Å². The van der Waals surface area contributed by atoms with Crippen molar-refractivity contribution in [2.45, 2.75) is 181 Å². The van der Waals surface area contributed by atoms with Gasteiger partial charge in [0.05, 0.1) is 50.6 Å². The summed E-state index contributed by atoms with van der Waals surface area (Å²) in [7, 11) is 0. The highest BCUT2D eigenvalue weighted by atomic mass is 79.9. The Morgan fingerprint density at radius 3 is 1.36 bits per heavy atom. The summed E-state index contributed by atoms with van der Waals surface area (Å²) in [6.45, 7) is 23.8. The lowest BCUT2D eigenvalue weighted by molar-refractivity contribution is -0.0644. The minimum atomic E-state index is -0.438. The van der Waals surface area contributed by atoms with Gasteiger partial charge in [-0.3, -0.25) is 0 Å². The van der Waals surface area contributed by atoms with Gasteiger partial charge in [0.2, 0.25) is 0 Å². The Morgan fingerprint density at radius 2 is 0.951 bits per heavy atom. The largest absolute Gasteiger partial charge is 0.444 e. The molecule has 4 aliphatic carbocycles. The Labute approximate surface area is 378 Å². The van der Waals surface area contributed by atoms with Crippen molar-refractivity contribution in [3.05, 3.63) is 0 Å². The Kier molecular flexibility index (Phi) is 22.9. The summed E-state index contributed by atoms with van der Waals surface area (Å²) in [4.78, 5) is 26.9. The molecule has 0 aromatic rings. The van der Waals surface area contributed by atoms with E-state index in [4.69, 9.17) is 38.3 Å². The number of carbonyl (C=O) groups excluding carboxylic acids is 2. The van der Waals surface area contributed by atoms with Crippen LogP contribution in [0.25, 0.3) is 0 Å². The SMILES string of the molecule is CC(C)(C)OC(=O)N1CC(OCCCCBr)C1.CCCCOC1CC([C@@H]2C[C@H]2CO)C1.CCCCOC1CC([C@@H]2C[C@H]2COCCCCOC2CN(C(=O)OC(C)(C)C)C2)C1. The van der Waals surface area contributed by atoms with Crippen LogP contribution < -0.4 is 0 Å². The molecule has 0 aromatic carbocycles. The summed E-state index contributed by atoms with van der Waals surface area (Å²) < 4.78 is 39.6. The number of carbonyl (C=O) groups is 2. The van der Waals surface area contributed by atoms with E-state index in [2.05, 4.69) is 29.8 Å². The Balaban J connectivity index is 0.000000222. The summed E-state index contributed by atoms with van der Waals surface area (Å²) in [6.07, 6.45) is 17.7. The third kappa shape index (κ3) is 20.2. The van der Waals surface area contributed by atoms with Gasteiger partial charge >= 0.3 is 12.2 Å². The van der Waals surface area contributed by atoms with Gasteiger partial charge in [-0.1, -0.05) is 42.6 Å². The zero-order valence-electron chi connectivity index (χ0n) is 39.6. The third-order valence-electron chi connectivity index (χ3n) is 12.6. The van der Waals surface area contributed by atoms with Crippen molar-refractivity contribution in [2.24, 2.45) is 35.5 Å². The van der Waals surface area contributed by atoms with Crippen LogP contribution in [-0.4, -0.2) is 140 Å². The summed E-state index contributed by atoms with van der Waals surface area (Å²) >= 11 is 3.38. The van der Waals surface area contributed by atoms with Gasteiger partial charge in [0, 0.05) is 51.6 Å². The maximum absolute atomic E-state index is 11.9. The molecule has 6 aliphatic rings. The first-order chi connectivity index (χ1) is 29.1. The quantitative estimate of drug-likeness (QED) is 0.0739. The number of alkyl halides is 1. The number of amides is 2. The average molecular weight is 932 g/mol. The highest BCUT2D eigenvalue weighted by Gasteiger charge is 2.49. The van der Waals surface area contributed by atoms with Gasteiger partial charge in [-0.25, -0.2) is 9.59 Å². The molecule has 2 amide bonds. The number of hydrogen-bond donors (Lipinski definition) is 1. The molecule has 4 saturated carbocycles. The lowest BCUT2D eigenvalue weighted by atomic mass is 9.78. The first-order valence-electron chi connectivity index (χ1n) is 24.3. The third-order valence-corrected chi connectivity index (χ3v) is 13.2. The fourth-order valence-electron chi connectivity index (χ4n) is 8.35. The number of aliphatic hydroxyl groups is 1. The molecule has 2 aliphatic heterocycles. The van der Waals surface area contributed by atoms with Gasteiger partial charge in [0.15, 0.2) is 0 Å². The Hall–Kier alpha value is -1.22. The van der Waals surface area contributed by atoms with Crippen molar-refractivity contribution >= 4 is 28.1 Å². The highest BCUT2D eigenvalue weighted by molar-refractivity contribution is 9.09. The summed E-state index contributed by atoms with van der Waals surface area (Å²) in [5, 5.41) is 9.97. The van der Waals surface area contributed by atoms with E-state index in [1.54, 1.807) is 9.80 Å². The van der Waals surface area contributed by atoms with E-state index in [9.17, 15) is 9.59 Å². The normalized spacial score (nSPS) is 28.2. The molecule has 6 rings (SSSR count). The molecule has 0 unspecified atom stereocenters. The number of rotatable bonds is 24. The zero-order valence-corrected chi connectivity index (χ0v) is 41.1. The first kappa shape index (κ1) is 52.4. The van der Waals surface area contributed by atoms with Crippen LogP contribution in [0.2, 0.25) is 0 Å². The minimum absolute atomic E-state index is 0.155. The fraction of sp³-hybridized carbons (Fsp3) is 0.958. The average Bonchev–Trinajstić information content (AvgIpc) is 4.05. The molecule has 4 atom stereocenters. The standard InChI is InChI=1S/C24H43NO5.C12H22BrNO3.C12H22O2/c1-5-6-10-28-20-12-18(13-20)22-14-19(22)17-27-9-7-8-11-29-21-15-25(16-21)23(26)30-24(2,3)4;1-12(2,3)17-11(15)14-8-10(9-14)16-7-5-4-6-13;1-2-3-4-14-11-5-9(6-11)12-7-10(12)8-13/h18-22H,5-17H2,1-4H3;10H,4-9H2,1-3H3;9-13H,2-8H2,1H3/t18?,19-,20?,22-;;9?,10-,11?,12-/m0.0/s1. The van der Waals surface area contributed by atoms with E-state index in [0.29, 0.717) is 50.9 Å². The molecule has 2 heterocycles. The molecule has 13 heteroatoms. The highest BCUT2D eigenvalue weighted by Crippen LogP contribution is 2.53. The van der Waals surface area contributed by atoms with Crippen LogP contribution in [0.1, 0.15) is 145 Å². The maximum atomic E-state index is 11.9. The fourth-order valence-corrected chi connectivity index (χ4v) is 8.74. The van der Waals surface area contributed by atoms with Crippen molar-refractivity contribution in [1.29, 1.82) is 0 Å². The van der Waals surface area contributed by atoms with Crippen molar-refractivity contribution in [1.82, 2.24) is 9.80 Å². The van der Waals surface area contributed by atoms with Crippen LogP contribution in [0.15, 0.2) is 0 Å². The van der Waals surface area contributed by atoms with Crippen molar-refractivity contribution in [3.63, 3.8) is 0 Å². The smallest absolute Gasteiger partial charge is 0.410 e. The van der Waals surface area contributed by atoms with E-state index in [1.165, 1.54) is 64.2 Å². The number of halogens is 1. The molecular weight excluding hydrogens is 844 g/mol. The number of unbranched alkanes of at least 4 members (excludes halogenated alkanes) is 4. The van der Waals surface area contributed by atoms with E-state index in [-0.39, 0.29) is 24.4 Å². The molecule has 0 spiro atoms. The summed E-state index contributed by atoms with van der Waals surface area (Å²) in [6, 6.07) is 0. The number of ether oxygens (including phenoxy) is 7. The van der Waals surface area contributed by atoms with Crippen LogP contribution in [0, 0.1) is 35.5 Å². The van der Waals surface area contributed by atoms with Crippen LogP contribution in [0.3, 0.4) is 0 Å². The van der Waals surface area contributed by atoms with Crippen molar-refractivity contribution in [3.8, 4) is 0 Å². The van der Waals surface area contributed by atoms with Gasteiger partial charge in [-0.15, -0.1) is 0 Å². The maximum Gasteiger partial charge on any atom is 0.410 e. The van der Waals surface area contributed by atoms with Gasteiger partial charge in [0.1, 0.15) is 11.2 Å². The summed E-state index contributed by atoms with van der Waals surface area (Å²) in [5.74, 6) is 4.92. The van der Waals surface area contributed by atoms with Crippen LogP contribution in [0.4, 0.5) is 9.59 Å². The zero-order chi connectivity index (χ0) is 44.4.